The van der Waals surface area contributed by atoms with Crippen molar-refractivity contribution in [2.75, 3.05) is 12.3 Å². The Morgan fingerprint density at radius 3 is 2.42 bits per heavy atom. The number of fused-ring (bicyclic) bond motifs is 1. The molecule has 0 saturated carbocycles. The number of esters is 1. The third-order valence-corrected chi connectivity index (χ3v) is 4.42. The van der Waals surface area contributed by atoms with Gasteiger partial charge in [0.1, 0.15) is 11.3 Å². The first kappa shape index (κ1) is 17.7. The van der Waals surface area contributed by atoms with Crippen LogP contribution in [0.2, 0.25) is 0 Å². The number of aromatic nitrogens is 1. The van der Waals surface area contributed by atoms with E-state index in [1.165, 1.54) is 0 Å². The van der Waals surface area contributed by atoms with Crippen molar-refractivity contribution in [1.82, 2.24) is 4.40 Å². The minimum atomic E-state index is -0.525. The molecule has 0 aliphatic heterocycles. The molecular formula is C21H22N2O3. The van der Waals surface area contributed by atoms with Crippen LogP contribution in [0.5, 0.6) is 0 Å². The fourth-order valence-corrected chi connectivity index (χ4v) is 3.03. The van der Waals surface area contributed by atoms with Crippen LogP contribution in [0.4, 0.5) is 5.69 Å². The van der Waals surface area contributed by atoms with E-state index in [0.29, 0.717) is 17.0 Å². The van der Waals surface area contributed by atoms with Gasteiger partial charge in [-0.2, -0.15) is 0 Å². The number of ether oxygens (including phenoxy) is 1. The summed E-state index contributed by atoms with van der Waals surface area (Å²) in [6.45, 7) is 6.17. The number of nitrogens with two attached hydrogens (primary N) is 1. The van der Waals surface area contributed by atoms with Crippen LogP contribution in [0.25, 0.3) is 5.52 Å². The van der Waals surface area contributed by atoms with Gasteiger partial charge in [-0.15, -0.1) is 0 Å². The summed E-state index contributed by atoms with van der Waals surface area (Å²) in [4.78, 5) is 25.4. The molecule has 3 rings (SSSR count). The molecule has 5 heteroatoms. The fraction of sp³-hybridized carbons (Fsp3) is 0.238. The van der Waals surface area contributed by atoms with Gasteiger partial charge in [0.15, 0.2) is 0 Å². The lowest BCUT2D eigenvalue weighted by molar-refractivity contribution is 0.0530. The number of rotatable bonds is 5. The molecule has 2 heterocycles. The lowest BCUT2D eigenvalue weighted by atomic mass is 9.99. The molecule has 0 radical (unpaired) electrons. The molecule has 0 amide bonds. The number of hydrogen-bond donors (Lipinski definition) is 1. The lowest BCUT2D eigenvalue weighted by Crippen LogP contribution is -2.10. The number of pyridine rings is 1. The predicted octanol–water partition coefficient (Wildman–Crippen LogP) is 4.05. The summed E-state index contributed by atoms with van der Waals surface area (Å²) in [5.41, 5.74) is 9.12. The molecule has 2 aromatic heterocycles. The maximum absolute atomic E-state index is 13.1. The highest BCUT2D eigenvalue weighted by atomic mass is 16.5. The van der Waals surface area contributed by atoms with Crippen LogP contribution >= 0.6 is 0 Å². The van der Waals surface area contributed by atoms with Gasteiger partial charge in [-0.05, 0) is 30.5 Å². The van der Waals surface area contributed by atoms with Crippen LogP contribution in [-0.2, 0) is 4.74 Å². The zero-order chi connectivity index (χ0) is 18.8. The van der Waals surface area contributed by atoms with Gasteiger partial charge in [-0.1, -0.05) is 44.2 Å². The SMILES string of the molecule is CCOC(=O)c1c(N)c(C(=O)c2ccc(C(C)C)cc2)n2ccccc12. The quantitative estimate of drug-likeness (QED) is 0.556. The molecule has 0 saturated heterocycles. The summed E-state index contributed by atoms with van der Waals surface area (Å²) in [5.74, 6) is -0.369. The van der Waals surface area contributed by atoms with Crippen molar-refractivity contribution < 1.29 is 14.3 Å². The standard InChI is InChI=1S/C21H22N2O3/c1-4-26-21(25)17-16-7-5-6-12-23(16)19(18(17)22)20(24)15-10-8-14(9-11-15)13(2)3/h5-13H,4,22H2,1-3H3. The van der Waals surface area contributed by atoms with E-state index in [1.54, 1.807) is 47.9 Å². The first-order chi connectivity index (χ1) is 12.5. The van der Waals surface area contributed by atoms with Crippen molar-refractivity contribution in [3.05, 3.63) is 71.0 Å². The Kier molecular flexibility index (Phi) is 4.80. The normalized spacial score (nSPS) is 11.1. The van der Waals surface area contributed by atoms with Crippen LogP contribution in [0, 0.1) is 0 Å². The zero-order valence-corrected chi connectivity index (χ0v) is 15.2. The molecule has 0 aliphatic rings. The van der Waals surface area contributed by atoms with E-state index in [2.05, 4.69) is 13.8 Å². The van der Waals surface area contributed by atoms with Crippen LogP contribution < -0.4 is 5.73 Å². The minimum Gasteiger partial charge on any atom is -0.462 e. The molecule has 134 valence electrons. The van der Waals surface area contributed by atoms with Crippen molar-refractivity contribution in [3.63, 3.8) is 0 Å². The van der Waals surface area contributed by atoms with Gasteiger partial charge in [0, 0.05) is 11.8 Å². The molecule has 5 nitrogen and oxygen atoms in total. The second kappa shape index (κ2) is 7.04. The number of anilines is 1. The predicted molar refractivity (Wildman–Crippen MR) is 102 cm³/mol. The molecule has 0 spiro atoms. The average molecular weight is 350 g/mol. The molecule has 3 aromatic rings. The highest BCUT2D eigenvalue weighted by Gasteiger charge is 2.26. The maximum Gasteiger partial charge on any atom is 0.342 e. The number of nitrogen functional groups attached to an aromatic ring is 1. The fourth-order valence-electron chi connectivity index (χ4n) is 3.03. The number of benzene rings is 1. The van der Waals surface area contributed by atoms with E-state index < -0.39 is 5.97 Å². The molecule has 0 fully saturated rings. The van der Waals surface area contributed by atoms with E-state index in [0.717, 1.165) is 5.56 Å². The Bertz CT molecular complexity index is 969. The number of nitrogens with zero attached hydrogens (tertiary/aromatic N) is 1. The monoisotopic (exact) mass is 350 g/mol. The van der Waals surface area contributed by atoms with Gasteiger partial charge in [0.25, 0.3) is 0 Å². The van der Waals surface area contributed by atoms with Crippen molar-refractivity contribution in [2.45, 2.75) is 26.7 Å². The van der Waals surface area contributed by atoms with Crippen LogP contribution in [0.3, 0.4) is 0 Å². The molecule has 1 aromatic carbocycles. The first-order valence-corrected chi connectivity index (χ1v) is 8.66. The van der Waals surface area contributed by atoms with E-state index >= 15 is 0 Å². The molecule has 0 aliphatic carbocycles. The Labute approximate surface area is 152 Å². The highest BCUT2D eigenvalue weighted by Crippen LogP contribution is 2.29. The third kappa shape index (κ3) is 2.96. The summed E-state index contributed by atoms with van der Waals surface area (Å²) in [6, 6.07) is 12.8. The Hall–Kier alpha value is -3.08. The third-order valence-electron chi connectivity index (χ3n) is 4.42. The summed E-state index contributed by atoms with van der Waals surface area (Å²) in [6.07, 6.45) is 1.73. The van der Waals surface area contributed by atoms with Crippen molar-refractivity contribution in [1.29, 1.82) is 0 Å². The van der Waals surface area contributed by atoms with Gasteiger partial charge in [0.2, 0.25) is 5.78 Å². The molecule has 0 atom stereocenters. The van der Waals surface area contributed by atoms with E-state index in [9.17, 15) is 9.59 Å². The first-order valence-electron chi connectivity index (χ1n) is 8.66. The van der Waals surface area contributed by atoms with Crippen LogP contribution in [-0.4, -0.2) is 22.8 Å². The van der Waals surface area contributed by atoms with Crippen molar-refractivity contribution in [2.24, 2.45) is 0 Å². The summed E-state index contributed by atoms with van der Waals surface area (Å²) < 4.78 is 6.77. The summed E-state index contributed by atoms with van der Waals surface area (Å²) in [5, 5.41) is 0. The largest absolute Gasteiger partial charge is 0.462 e. The maximum atomic E-state index is 13.1. The molecular weight excluding hydrogens is 328 g/mol. The van der Waals surface area contributed by atoms with Gasteiger partial charge < -0.3 is 14.9 Å². The smallest absolute Gasteiger partial charge is 0.342 e. The second-order valence-corrected chi connectivity index (χ2v) is 6.42. The molecule has 0 bridgehead atoms. The highest BCUT2D eigenvalue weighted by molar-refractivity contribution is 6.16. The topological polar surface area (TPSA) is 73.8 Å². The van der Waals surface area contributed by atoms with E-state index in [4.69, 9.17) is 10.5 Å². The summed E-state index contributed by atoms with van der Waals surface area (Å²) >= 11 is 0. The van der Waals surface area contributed by atoms with E-state index in [-0.39, 0.29) is 29.3 Å². The number of hydrogen-bond acceptors (Lipinski definition) is 4. The van der Waals surface area contributed by atoms with Crippen LogP contribution in [0.1, 0.15) is 58.7 Å². The Morgan fingerprint density at radius 1 is 1.12 bits per heavy atom. The molecule has 2 N–H and O–H groups in total. The summed E-state index contributed by atoms with van der Waals surface area (Å²) in [7, 11) is 0. The van der Waals surface area contributed by atoms with Crippen LogP contribution in [0.15, 0.2) is 48.7 Å². The van der Waals surface area contributed by atoms with Gasteiger partial charge in [-0.25, -0.2) is 4.79 Å². The van der Waals surface area contributed by atoms with Crippen molar-refractivity contribution >= 4 is 23.0 Å². The van der Waals surface area contributed by atoms with Gasteiger partial charge in [0.05, 0.1) is 17.8 Å². The number of ketones is 1. The van der Waals surface area contributed by atoms with Gasteiger partial charge >= 0.3 is 5.97 Å². The van der Waals surface area contributed by atoms with E-state index in [1.807, 2.05) is 12.1 Å². The Morgan fingerprint density at radius 2 is 1.81 bits per heavy atom. The second-order valence-electron chi connectivity index (χ2n) is 6.42. The number of carbonyl (C=O) groups is 2. The zero-order valence-electron chi connectivity index (χ0n) is 15.2. The van der Waals surface area contributed by atoms with Gasteiger partial charge in [-0.3, -0.25) is 4.79 Å². The Balaban J connectivity index is 2.14. The lowest BCUT2D eigenvalue weighted by Gasteiger charge is -2.07. The number of carbonyl (C=O) groups excluding carboxylic acids is 2. The minimum absolute atomic E-state index is 0.146. The van der Waals surface area contributed by atoms with Crippen molar-refractivity contribution in [3.8, 4) is 0 Å². The molecule has 0 unspecified atom stereocenters. The average Bonchev–Trinajstić information content (AvgIpc) is 2.93. The molecule has 26 heavy (non-hydrogen) atoms.